The molecule has 0 radical (unpaired) electrons. The van der Waals surface area contributed by atoms with Crippen molar-refractivity contribution in [1.82, 2.24) is 19.3 Å². The number of hydrogen-bond donors (Lipinski definition) is 2. The van der Waals surface area contributed by atoms with Crippen LogP contribution in [-0.2, 0) is 11.3 Å². The Labute approximate surface area is 131 Å². The van der Waals surface area contributed by atoms with Crippen LogP contribution in [0, 0.1) is 11.8 Å². The third-order valence-corrected chi connectivity index (χ3v) is 5.87. The fraction of sp³-hybridized carbons (Fsp3) is 0.571. The van der Waals surface area contributed by atoms with Gasteiger partial charge in [-0.2, -0.15) is 0 Å². The predicted molar refractivity (Wildman–Crippen MR) is 84.6 cm³/mol. The highest BCUT2D eigenvalue weighted by Crippen LogP contribution is 2.41. The summed E-state index contributed by atoms with van der Waals surface area (Å²) in [7, 11) is 2.09. The summed E-state index contributed by atoms with van der Waals surface area (Å²) in [6.07, 6.45) is 5.57. The molecule has 3 unspecified atom stereocenters. The van der Waals surface area contributed by atoms with Gasteiger partial charge in [0.25, 0.3) is 0 Å². The van der Waals surface area contributed by atoms with Crippen LogP contribution >= 0.6 is 0 Å². The number of hydrogen-bond acceptors (Lipinski definition) is 4. The van der Waals surface area contributed by atoms with Gasteiger partial charge in [-0.25, -0.2) is 18.5 Å². The molecule has 2 N–H and O–H groups in total. The van der Waals surface area contributed by atoms with Crippen LogP contribution in [0.2, 0.25) is 0 Å². The molecule has 2 fully saturated rings. The summed E-state index contributed by atoms with van der Waals surface area (Å²) in [5, 5.41) is 1.04. The van der Waals surface area contributed by atoms with Gasteiger partial charge in [0.15, 0.2) is 0 Å². The molecule has 118 valence electrons. The zero-order valence-corrected chi connectivity index (χ0v) is 13.2. The van der Waals surface area contributed by atoms with Crippen molar-refractivity contribution in [2.75, 3.05) is 25.0 Å². The van der Waals surface area contributed by atoms with Crippen molar-refractivity contribution in [2.24, 2.45) is 11.8 Å². The molecule has 1 aliphatic heterocycles. The van der Waals surface area contributed by atoms with Crippen LogP contribution in [0.1, 0.15) is 12.8 Å². The molecule has 7 nitrogen and oxygen atoms in total. The topological polar surface area (TPSA) is 85.4 Å². The largest absolute Gasteiger partial charge is 0.356 e. The molecule has 8 heteroatoms. The fourth-order valence-electron chi connectivity index (χ4n) is 3.98. The molecule has 0 spiro atoms. The summed E-state index contributed by atoms with van der Waals surface area (Å²) in [5.41, 5.74) is 0.858. The minimum atomic E-state index is -1.83. The molecular weight excluding hydrogens is 302 g/mol. The van der Waals surface area contributed by atoms with Crippen molar-refractivity contribution in [3.8, 4) is 0 Å². The maximum atomic E-state index is 11.2. The molecule has 2 aromatic rings. The van der Waals surface area contributed by atoms with Crippen molar-refractivity contribution < 1.29 is 8.76 Å². The first kappa shape index (κ1) is 14.1. The first-order valence-electron chi connectivity index (χ1n) is 7.50. The van der Waals surface area contributed by atoms with Crippen molar-refractivity contribution in [2.45, 2.75) is 18.9 Å². The maximum Gasteiger partial charge on any atom is 0.234 e. The van der Waals surface area contributed by atoms with Crippen LogP contribution < -0.4 is 4.90 Å². The SMILES string of the molecule is CN(c1ncnc2[nH]ccc12)C1CC2CN(S(=O)O)CC2C1. The van der Waals surface area contributed by atoms with Crippen molar-refractivity contribution in [1.29, 1.82) is 0 Å². The highest BCUT2D eigenvalue weighted by atomic mass is 32.2. The van der Waals surface area contributed by atoms with Crippen molar-refractivity contribution in [3.05, 3.63) is 18.6 Å². The second-order valence-electron chi connectivity index (χ2n) is 6.27. The maximum absolute atomic E-state index is 11.2. The van der Waals surface area contributed by atoms with Crippen LogP contribution in [0.25, 0.3) is 11.0 Å². The number of H-pyrrole nitrogens is 1. The van der Waals surface area contributed by atoms with Gasteiger partial charge in [0.05, 0.1) is 5.39 Å². The zero-order valence-electron chi connectivity index (χ0n) is 12.3. The molecule has 1 saturated carbocycles. The fourth-order valence-corrected chi connectivity index (χ4v) is 4.62. The highest BCUT2D eigenvalue weighted by Gasteiger charge is 2.43. The standard InChI is InChI=1S/C14H19N5O2S/c1-18(14-12-2-3-15-13(12)16-8-17-14)11-4-9-6-19(22(20)21)7-10(9)5-11/h2-3,8-11H,4-7H2,1H3,(H,20,21)(H,15,16,17). The summed E-state index contributed by atoms with van der Waals surface area (Å²) < 4.78 is 22.1. The van der Waals surface area contributed by atoms with E-state index >= 15 is 0 Å². The number of nitrogens with zero attached hydrogens (tertiary/aromatic N) is 4. The normalized spacial score (nSPS) is 29.8. The first-order valence-corrected chi connectivity index (χ1v) is 8.56. The Bertz CT molecular complexity index is 706. The van der Waals surface area contributed by atoms with Crippen LogP contribution in [0.5, 0.6) is 0 Å². The van der Waals surface area contributed by atoms with E-state index in [1.54, 1.807) is 10.6 Å². The molecule has 3 atom stereocenters. The number of fused-ring (bicyclic) bond motifs is 2. The van der Waals surface area contributed by atoms with Crippen molar-refractivity contribution in [3.63, 3.8) is 0 Å². The van der Waals surface area contributed by atoms with E-state index in [2.05, 4.69) is 26.9 Å². The lowest BCUT2D eigenvalue weighted by Gasteiger charge is -2.27. The van der Waals surface area contributed by atoms with Gasteiger partial charge in [0, 0.05) is 32.4 Å². The van der Waals surface area contributed by atoms with E-state index in [0.29, 0.717) is 17.9 Å². The molecule has 0 aromatic carbocycles. The molecular formula is C14H19N5O2S. The van der Waals surface area contributed by atoms with Gasteiger partial charge in [-0.05, 0) is 30.7 Å². The number of anilines is 1. The second-order valence-corrected chi connectivity index (χ2v) is 7.25. The molecule has 0 amide bonds. The van der Waals surface area contributed by atoms with Gasteiger partial charge in [-0.3, -0.25) is 4.55 Å². The number of rotatable bonds is 3. The molecule has 1 saturated heterocycles. The summed E-state index contributed by atoms with van der Waals surface area (Å²) >= 11 is -1.83. The molecule has 22 heavy (non-hydrogen) atoms. The Morgan fingerprint density at radius 1 is 1.36 bits per heavy atom. The first-order chi connectivity index (χ1) is 10.6. The number of aromatic nitrogens is 3. The summed E-state index contributed by atoms with van der Waals surface area (Å²) in [4.78, 5) is 14.1. The smallest absolute Gasteiger partial charge is 0.234 e. The molecule has 4 rings (SSSR count). The van der Waals surface area contributed by atoms with E-state index in [4.69, 9.17) is 0 Å². The Morgan fingerprint density at radius 3 is 2.77 bits per heavy atom. The predicted octanol–water partition coefficient (Wildman–Crippen LogP) is 1.24. The lowest BCUT2D eigenvalue weighted by atomic mass is 10.0. The molecule has 0 bridgehead atoms. The molecule has 2 aromatic heterocycles. The van der Waals surface area contributed by atoms with Gasteiger partial charge in [0.1, 0.15) is 17.8 Å². The molecule has 2 aliphatic rings. The Hall–Kier alpha value is -1.51. The molecule has 3 heterocycles. The highest BCUT2D eigenvalue weighted by molar-refractivity contribution is 7.76. The average molecular weight is 321 g/mol. The summed E-state index contributed by atoms with van der Waals surface area (Å²) in [5.74, 6) is 1.97. The Kier molecular flexibility index (Phi) is 3.39. The lowest BCUT2D eigenvalue weighted by Crippen LogP contribution is -2.33. The van der Waals surface area contributed by atoms with Crippen LogP contribution in [0.4, 0.5) is 5.82 Å². The summed E-state index contributed by atoms with van der Waals surface area (Å²) in [6.45, 7) is 1.45. The third-order valence-electron chi connectivity index (χ3n) is 5.13. The van der Waals surface area contributed by atoms with Gasteiger partial charge in [-0.15, -0.1) is 0 Å². The third kappa shape index (κ3) is 2.22. The van der Waals surface area contributed by atoms with Crippen molar-refractivity contribution >= 4 is 28.1 Å². The Morgan fingerprint density at radius 2 is 2.09 bits per heavy atom. The van der Waals surface area contributed by atoms with Gasteiger partial charge in [0.2, 0.25) is 11.3 Å². The van der Waals surface area contributed by atoms with E-state index in [1.807, 2.05) is 12.3 Å². The van der Waals surface area contributed by atoms with E-state index in [1.165, 1.54) is 0 Å². The van der Waals surface area contributed by atoms with Crippen LogP contribution in [-0.4, -0.2) is 54.2 Å². The number of nitrogens with one attached hydrogen (secondary N) is 1. The van der Waals surface area contributed by atoms with Gasteiger partial charge >= 0.3 is 0 Å². The van der Waals surface area contributed by atoms with Gasteiger partial charge in [-0.1, -0.05) is 0 Å². The molecule has 1 aliphatic carbocycles. The van der Waals surface area contributed by atoms with E-state index < -0.39 is 11.3 Å². The second kappa shape index (κ2) is 5.29. The average Bonchev–Trinajstić information content (AvgIpc) is 3.18. The minimum Gasteiger partial charge on any atom is -0.356 e. The lowest BCUT2D eigenvalue weighted by molar-refractivity contribution is 0.417. The minimum absolute atomic E-state index is 0.428. The van der Waals surface area contributed by atoms with Crippen LogP contribution in [0.15, 0.2) is 18.6 Å². The van der Waals surface area contributed by atoms with E-state index in [9.17, 15) is 8.76 Å². The summed E-state index contributed by atoms with van der Waals surface area (Å²) in [6, 6.07) is 2.44. The Balaban J connectivity index is 1.53. The van der Waals surface area contributed by atoms with Gasteiger partial charge < -0.3 is 9.88 Å². The van der Waals surface area contributed by atoms with Crippen LogP contribution in [0.3, 0.4) is 0 Å². The zero-order chi connectivity index (χ0) is 15.3. The van der Waals surface area contributed by atoms with E-state index in [0.717, 1.165) is 42.8 Å². The number of aromatic amines is 1. The monoisotopic (exact) mass is 321 g/mol. The van der Waals surface area contributed by atoms with E-state index in [-0.39, 0.29) is 0 Å². The quantitative estimate of drug-likeness (QED) is 0.831.